The van der Waals surface area contributed by atoms with Gasteiger partial charge >= 0.3 is 6.61 Å². The molecule has 0 heterocycles. The summed E-state index contributed by atoms with van der Waals surface area (Å²) in [6.07, 6.45) is 0. The SMILES string of the molecule is COc1cc([C@@H](N)CO)ccc1OC(F)F. The number of hydrogen-bond donors (Lipinski definition) is 2. The molecule has 0 aliphatic carbocycles. The van der Waals surface area contributed by atoms with Gasteiger partial charge in [-0.25, -0.2) is 0 Å². The molecule has 1 aromatic rings. The van der Waals surface area contributed by atoms with Gasteiger partial charge in [-0.2, -0.15) is 8.78 Å². The summed E-state index contributed by atoms with van der Waals surface area (Å²) >= 11 is 0. The van der Waals surface area contributed by atoms with Gasteiger partial charge in [0, 0.05) is 0 Å². The lowest BCUT2D eigenvalue weighted by atomic mass is 10.1. The molecule has 0 bridgehead atoms. The second-order valence-electron chi connectivity index (χ2n) is 3.08. The van der Waals surface area contributed by atoms with Crippen molar-refractivity contribution in [3.05, 3.63) is 23.8 Å². The van der Waals surface area contributed by atoms with Crippen LogP contribution in [0.3, 0.4) is 0 Å². The van der Waals surface area contributed by atoms with Crippen molar-refractivity contribution >= 4 is 0 Å². The number of aliphatic hydroxyl groups excluding tert-OH is 1. The van der Waals surface area contributed by atoms with Gasteiger partial charge in [-0.3, -0.25) is 0 Å². The molecule has 0 radical (unpaired) electrons. The van der Waals surface area contributed by atoms with Crippen LogP contribution < -0.4 is 15.2 Å². The van der Waals surface area contributed by atoms with Crippen molar-refractivity contribution in [2.24, 2.45) is 5.73 Å². The average molecular weight is 233 g/mol. The van der Waals surface area contributed by atoms with Crippen molar-refractivity contribution in [2.45, 2.75) is 12.7 Å². The van der Waals surface area contributed by atoms with E-state index in [1.807, 2.05) is 0 Å². The third-order valence-corrected chi connectivity index (χ3v) is 2.03. The van der Waals surface area contributed by atoms with Crippen molar-refractivity contribution in [3.8, 4) is 11.5 Å². The number of hydrogen-bond acceptors (Lipinski definition) is 4. The van der Waals surface area contributed by atoms with Gasteiger partial charge in [-0.05, 0) is 17.7 Å². The van der Waals surface area contributed by atoms with Crippen LogP contribution in [0.1, 0.15) is 11.6 Å². The number of aliphatic hydroxyl groups is 1. The Labute approximate surface area is 91.6 Å². The highest BCUT2D eigenvalue weighted by Crippen LogP contribution is 2.30. The van der Waals surface area contributed by atoms with Gasteiger partial charge in [-0.1, -0.05) is 6.07 Å². The van der Waals surface area contributed by atoms with Gasteiger partial charge < -0.3 is 20.3 Å². The van der Waals surface area contributed by atoms with Gasteiger partial charge in [-0.15, -0.1) is 0 Å². The van der Waals surface area contributed by atoms with Crippen LogP contribution in [-0.4, -0.2) is 25.4 Å². The molecule has 0 aliphatic heterocycles. The van der Waals surface area contributed by atoms with Crippen LogP contribution >= 0.6 is 0 Å². The molecule has 0 saturated heterocycles. The van der Waals surface area contributed by atoms with Gasteiger partial charge in [0.15, 0.2) is 11.5 Å². The van der Waals surface area contributed by atoms with Gasteiger partial charge in [0.1, 0.15) is 0 Å². The lowest BCUT2D eigenvalue weighted by Crippen LogP contribution is -2.14. The van der Waals surface area contributed by atoms with Crippen LogP contribution in [0, 0.1) is 0 Å². The molecule has 1 aromatic carbocycles. The van der Waals surface area contributed by atoms with Crippen LogP contribution in [0.5, 0.6) is 11.5 Å². The van der Waals surface area contributed by atoms with Crippen molar-refractivity contribution < 1.29 is 23.4 Å². The first-order chi connectivity index (χ1) is 7.58. The quantitative estimate of drug-likeness (QED) is 0.804. The molecule has 3 N–H and O–H groups in total. The molecule has 0 aromatic heterocycles. The lowest BCUT2D eigenvalue weighted by Gasteiger charge is -2.13. The second kappa shape index (κ2) is 5.62. The van der Waals surface area contributed by atoms with Crippen molar-refractivity contribution in [1.82, 2.24) is 0 Å². The highest BCUT2D eigenvalue weighted by Gasteiger charge is 2.13. The monoisotopic (exact) mass is 233 g/mol. The van der Waals surface area contributed by atoms with E-state index in [1.54, 1.807) is 0 Å². The van der Waals surface area contributed by atoms with Gasteiger partial charge in [0.2, 0.25) is 0 Å². The van der Waals surface area contributed by atoms with Crippen LogP contribution in [0.25, 0.3) is 0 Å². The zero-order chi connectivity index (χ0) is 12.1. The van der Waals surface area contributed by atoms with Crippen LogP contribution in [0.15, 0.2) is 18.2 Å². The second-order valence-corrected chi connectivity index (χ2v) is 3.08. The Hall–Kier alpha value is -1.40. The maximum absolute atomic E-state index is 12.0. The Balaban J connectivity index is 2.97. The molecule has 0 unspecified atom stereocenters. The number of methoxy groups -OCH3 is 1. The highest BCUT2D eigenvalue weighted by atomic mass is 19.3. The van der Waals surface area contributed by atoms with E-state index in [0.29, 0.717) is 5.56 Å². The molecule has 90 valence electrons. The molecule has 0 saturated carbocycles. The minimum Gasteiger partial charge on any atom is -0.493 e. The van der Waals surface area contributed by atoms with Crippen LogP contribution in [0.4, 0.5) is 8.78 Å². The van der Waals surface area contributed by atoms with E-state index in [-0.39, 0.29) is 18.1 Å². The fourth-order valence-electron chi connectivity index (χ4n) is 1.21. The van der Waals surface area contributed by atoms with E-state index in [4.69, 9.17) is 15.6 Å². The topological polar surface area (TPSA) is 64.7 Å². The first-order valence-electron chi connectivity index (χ1n) is 4.57. The number of nitrogens with two attached hydrogens (primary N) is 1. The Morgan fingerprint density at radius 3 is 2.56 bits per heavy atom. The summed E-state index contributed by atoms with van der Waals surface area (Å²) in [6.45, 7) is -3.15. The maximum Gasteiger partial charge on any atom is 0.387 e. The van der Waals surface area contributed by atoms with Gasteiger partial charge in [0.25, 0.3) is 0 Å². The van der Waals surface area contributed by atoms with E-state index < -0.39 is 12.7 Å². The Bertz CT molecular complexity index is 347. The standard InChI is InChI=1S/C10H13F2NO3/c1-15-9-4-6(7(13)5-14)2-3-8(9)16-10(11)12/h2-4,7,10,14H,5,13H2,1H3/t7-/m0/s1. The van der Waals surface area contributed by atoms with Crippen molar-refractivity contribution in [1.29, 1.82) is 0 Å². The third kappa shape index (κ3) is 3.04. The Kier molecular flexibility index (Phi) is 4.45. The highest BCUT2D eigenvalue weighted by molar-refractivity contribution is 5.43. The third-order valence-electron chi connectivity index (χ3n) is 2.03. The molecule has 6 heteroatoms. The first-order valence-corrected chi connectivity index (χ1v) is 4.57. The molecule has 1 rings (SSSR count). The maximum atomic E-state index is 12.0. The smallest absolute Gasteiger partial charge is 0.387 e. The van der Waals surface area contributed by atoms with Gasteiger partial charge in [0.05, 0.1) is 19.8 Å². The first kappa shape index (κ1) is 12.7. The molecular formula is C10H13F2NO3. The lowest BCUT2D eigenvalue weighted by molar-refractivity contribution is -0.0512. The molecule has 4 nitrogen and oxygen atoms in total. The molecule has 0 aliphatic rings. The fourth-order valence-corrected chi connectivity index (χ4v) is 1.21. The number of halogens is 2. The number of benzene rings is 1. The number of alkyl halides is 2. The summed E-state index contributed by atoms with van der Waals surface area (Å²) in [7, 11) is 1.34. The predicted molar refractivity (Wildman–Crippen MR) is 53.6 cm³/mol. The summed E-state index contributed by atoms with van der Waals surface area (Å²) in [5, 5.41) is 8.85. The summed E-state index contributed by atoms with van der Waals surface area (Å²) in [6, 6.07) is 3.71. The minimum absolute atomic E-state index is 0.0635. The van der Waals surface area contributed by atoms with Crippen molar-refractivity contribution in [3.63, 3.8) is 0 Å². The molecular weight excluding hydrogens is 220 g/mol. The zero-order valence-corrected chi connectivity index (χ0v) is 8.69. The summed E-state index contributed by atoms with van der Waals surface area (Å²) in [4.78, 5) is 0. The Morgan fingerprint density at radius 1 is 1.38 bits per heavy atom. The predicted octanol–water partition coefficient (Wildman–Crippen LogP) is 1.29. The number of rotatable bonds is 5. The minimum atomic E-state index is -2.91. The number of ether oxygens (including phenoxy) is 2. The van der Waals surface area contributed by atoms with E-state index >= 15 is 0 Å². The van der Waals surface area contributed by atoms with E-state index in [1.165, 1.54) is 25.3 Å². The average Bonchev–Trinajstić information content (AvgIpc) is 2.27. The summed E-state index contributed by atoms with van der Waals surface area (Å²) in [5.74, 6) is 0.0908. The molecule has 1 atom stereocenters. The van der Waals surface area contributed by atoms with E-state index in [2.05, 4.69) is 4.74 Å². The molecule has 16 heavy (non-hydrogen) atoms. The zero-order valence-electron chi connectivity index (χ0n) is 8.69. The largest absolute Gasteiger partial charge is 0.493 e. The van der Waals surface area contributed by atoms with E-state index in [9.17, 15) is 8.78 Å². The van der Waals surface area contributed by atoms with Crippen molar-refractivity contribution in [2.75, 3.05) is 13.7 Å². The normalized spacial score (nSPS) is 12.6. The molecule has 0 fully saturated rings. The fraction of sp³-hybridized carbons (Fsp3) is 0.400. The Morgan fingerprint density at radius 2 is 2.06 bits per heavy atom. The van der Waals surface area contributed by atoms with Crippen LogP contribution in [0.2, 0.25) is 0 Å². The summed E-state index contributed by atoms with van der Waals surface area (Å²) < 4.78 is 33.2. The summed E-state index contributed by atoms with van der Waals surface area (Å²) in [5.41, 5.74) is 6.16. The van der Waals surface area contributed by atoms with E-state index in [0.717, 1.165) is 0 Å². The molecule has 0 amide bonds. The van der Waals surface area contributed by atoms with Crippen LogP contribution in [-0.2, 0) is 0 Å². The molecule has 0 spiro atoms.